The monoisotopic (exact) mass is 681 g/mol. The fourth-order valence-electron chi connectivity index (χ4n) is 5.91. The smallest absolute Gasteiger partial charge is 0.262 e. The van der Waals surface area contributed by atoms with Gasteiger partial charge in [0.1, 0.15) is 11.8 Å². The molecular formula is C40H51N5O3S. The number of thiophene rings is 1. The first-order valence-corrected chi connectivity index (χ1v) is 18.5. The van der Waals surface area contributed by atoms with Crippen LogP contribution in [0.15, 0.2) is 73.1 Å². The number of carbonyl (C=O) groups excluding carboxylic acids is 2. The molecule has 1 atom stereocenters. The summed E-state index contributed by atoms with van der Waals surface area (Å²) in [5, 5.41) is 6.06. The van der Waals surface area contributed by atoms with E-state index in [4.69, 9.17) is 10.5 Å². The first-order chi connectivity index (χ1) is 23.6. The van der Waals surface area contributed by atoms with Gasteiger partial charge in [0.15, 0.2) is 5.82 Å². The molecule has 1 aliphatic carbocycles. The number of rotatable bonds is 16. The number of nitrogens with one attached hydrogen (secondary N) is 2. The predicted molar refractivity (Wildman–Crippen MR) is 199 cm³/mol. The normalized spacial score (nSPS) is 16.4. The van der Waals surface area contributed by atoms with Crippen LogP contribution in [-0.2, 0) is 16.6 Å². The third-order valence-corrected chi connectivity index (χ3v) is 10.5. The van der Waals surface area contributed by atoms with E-state index in [-0.39, 0.29) is 23.3 Å². The number of amides is 2. The Hall–Kier alpha value is -4.08. The van der Waals surface area contributed by atoms with E-state index in [1.807, 2.05) is 73.1 Å². The minimum atomic E-state index is -0.717. The molecule has 2 aromatic heterocycles. The summed E-state index contributed by atoms with van der Waals surface area (Å²) < 4.78 is 5.91. The molecule has 9 heteroatoms. The highest BCUT2D eigenvalue weighted by atomic mass is 32.1. The number of aromatic nitrogens is 2. The Bertz CT molecular complexity index is 1640. The van der Waals surface area contributed by atoms with Crippen LogP contribution in [0, 0.1) is 5.92 Å². The number of carbonyl (C=O) groups is 2. The van der Waals surface area contributed by atoms with E-state index >= 15 is 0 Å². The van der Waals surface area contributed by atoms with Crippen molar-refractivity contribution in [2.75, 3.05) is 13.2 Å². The molecule has 1 saturated carbocycles. The Morgan fingerprint density at radius 3 is 2.20 bits per heavy atom. The maximum atomic E-state index is 13.4. The second-order valence-electron chi connectivity index (χ2n) is 14.3. The summed E-state index contributed by atoms with van der Waals surface area (Å²) in [5.41, 5.74) is 9.65. The van der Waals surface area contributed by atoms with Crippen LogP contribution < -0.4 is 21.1 Å². The van der Waals surface area contributed by atoms with Gasteiger partial charge in [0.25, 0.3) is 5.91 Å². The largest absolute Gasteiger partial charge is 0.494 e. The first-order valence-electron chi connectivity index (χ1n) is 17.7. The SMILES string of the molecule is CCCCCCCOc1ccc(-c2cnc(-c3ccc(CC(NC(=O)c4ccc(C(C)(C)C)s4)C(=O)NCC4CC(N)C4)cc3)nc2)cc1. The zero-order valence-electron chi connectivity index (χ0n) is 29.3. The van der Waals surface area contributed by atoms with Crippen LogP contribution in [-0.4, -0.2) is 47.0 Å². The summed E-state index contributed by atoms with van der Waals surface area (Å²) in [4.78, 5) is 37.6. The molecule has 1 aliphatic rings. The molecule has 2 heterocycles. The zero-order valence-corrected chi connectivity index (χ0v) is 30.2. The average Bonchev–Trinajstić information content (AvgIpc) is 3.60. The van der Waals surface area contributed by atoms with Gasteiger partial charge >= 0.3 is 0 Å². The number of hydrogen-bond donors (Lipinski definition) is 3. The van der Waals surface area contributed by atoms with Gasteiger partial charge in [0.05, 0.1) is 11.5 Å². The van der Waals surface area contributed by atoms with E-state index in [0.717, 1.165) is 58.7 Å². The topological polar surface area (TPSA) is 119 Å². The molecule has 0 radical (unpaired) electrons. The summed E-state index contributed by atoms with van der Waals surface area (Å²) in [6.07, 6.45) is 11.9. The Morgan fingerprint density at radius 1 is 0.898 bits per heavy atom. The van der Waals surface area contributed by atoms with Gasteiger partial charge in [-0.2, -0.15) is 0 Å². The fourth-order valence-corrected chi connectivity index (χ4v) is 6.88. The minimum Gasteiger partial charge on any atom is -0.494 e. The average molecular weight is 682 g/mol. The maximum absolute atomic E-state index is 13.4. The Balaban J connectivity index is 1.19. The summed E-state index contributed by atoms with van der Waals surface area (Å²) in [6, 6.07) is 19.2. The highest BCUT2D eigenvalue weighted by molar-refractivity contribution is 7.14. The van der Waals surface area contributed by atoms with Gasteiger partial charge in [-0.25, -0.2) is 9.97 Å². The van der Waals surface area contributed by atoms with Crippen LogP contribution in [0.4, 0.5) is 0 Å². The third-order valence-electron chi connectivity index (χ3n) is 9.04. The summed E-state index contributed by atoms with van der Waals surface area (Å²) in [5.74, 6) is 1.45. The molecule has 5 rings (SSSR count). The predicted octanol–water partition coefficient (Wildman–Crippen LogP) is 7.71. The van der Waals surface area contributed by atoms with Crippen LogP contribution >= 0.6 is 11.3 Å². The minimum absolute atomic E-state index is 0.0525. The number of benzene rings is 2. The highest BCUT2D eigenvalue weighted by Crippen LogP contribution is 2.30. The Morgan fingerprint density at radius 2 is 1.57 bits per heavy atom. The fraction of sp³-hybridized carbons (Fsp3) is 0.450. The lowest BCUT2D eigenvalue weighted by molar-refractivity contribution is -0.123. The van der Waals surface area contributed by atoms with Crippen molar-refractivity contribution in [1.29, 1.82) is 0 Å². The Labute approximate surface area is 295 Å². The van der Waals surface area contributed by atoms with Crippen molar-refractivity contribution in [2.45, 2.75) is 96.6 Å². The lowest BCUT2D eigenvalue weighted by Crippen LogP contribution is -2.50. The van der Waals surface area contributed by atoms with E-state index in [1.54, 1.807) is 0 Å². The van der Waals surface area contributed by atoms with Gasteiger partial charge in [-0.1, -0.05) is 89.8 Å². The lowest BCUT2D eigenvalue weighted by atomic mass is 9.81. The molecule has 4 aromatic rings. The molecule has 4 N–H and O–H groups in total. The van der Waals surface area contributed by atoms with Crippen LogP contribution in [0.1, 0.15) is 92.8 Å². The maximum Gasteiger partial charge on any atom is 0.262 e. The van der Waals surface area contributed by atoms with Gasteiger partial charge in [0.2, 0.25) is 5.91 Å². The van der Waals surface area contributed by atoms with Gasteiger partial charge in [-0.15, -0.1) is 11.3 Å². The van der Waals surface area contributed by atoms with Crippen molar-refractivity contribution >= 4 is 23.2 Å². The van der Waals surface area contributed by atoms with Gasteiger partial charge < -0.3 is 21.1 Å². The molecule has 2 aromatic carbocycles. The molecule has 1 unspecified atom stereocenters. The van der Waals surface area contributed by atoms with E-state index < -0.39 is 6.04 Å². The quantitative estimate of drug-likeness (QED) is 0.104. The van der Waals surface area contributed by atoms with Crippen molar-refractivity contribution in [1.82, 2.24) is 20.6 Å². The van der Waals surface area contributed by atoms with Crippen molar-refractivity contribution in [3.05, 3.63) is 88.4 Å². The molecule has 49 heavy (non-hydrogen) atoms. The van der Waals surface area contributed by atoms with Crippen molar-refractivity contribution in [2.24, 2.45) is 11.7 Å². The summed E-state index contributed by atoms with van der Waals surface area (Å²) in [6.45, 7) is 9.90. The van der Waals surface area contributed by atoms with Crippen LogP contribution in [0.25, 0.3) is 22.5 Å². The third kappa shape index (κ3) is 10.5. The number of nitrogens with two attached hydrogens (primary N) is 1. The molecule has 0 spiro atoms. The van der Waals surface area contributed by atoms with Crippen LogP contribution in [0.2, 0.25) is 0 Å². The van der Waals surface area contributed by atoms with Crippen molar-refractivity contribution in [3.63, 3.8) is 0 Å². The van der Waals surface area contributed by atoms with Gasteiger partial charge in [0, 0.05) is 47.4 Å². The first kappa shape index (κ1) is 36.2. The number of hydrogen-bond acceptors (Lipinski definition) is 7. The molecule has 0 saturated heterocycles. The van der Waals surface area contributed by atoms with Crippen molar-refractivity contribution in [3.8, 4) is 28.3 Å². The molecule has 0 bridgehead atoms. The molecule has 8 nitrogen and oxygen atoms in total. The van der Waals surface area contributed by atoms with E-state index in [0.29, 0.717) is 29.6 Å². The molecule has 0 aliphatic heterocycles. The summed E-state index contributed by atoms with van der Waals surface area (Å²) >= 11 is 1.47. The van der Waals surface area contributed by atoms with Gasteiger partial charge in [-0.05, 0) is 66.0 Å². The molecule has 1 fully saturated rings. The number of unbranched alkanes of at least 4 members (excludes halogenated alkanes) is 4. The zero-order chi connectivity index (χ0) is 34.8. The molecular weight excluding hydrogens is 631 g/mol. The second-order valence-corrected chi connectivity index (χ2v) is 15.3. The van der Waals surface area contributed by atoms with E-state index in [1.165, 1.54) is 37.0 Å². The lowest BCUT2D eigenvalue weighted by Gasteiger charge is -2.32. The van der Waals surface area contributed by atoms with Gasteiger partial charge in [-0.3, -0.25) is 9.59 Å². The van der Waals surface area contributed by atoms with Crippen LogP contribution in [0.5, 0.6) is 5.75 Å². The van der Waals surface area contributed by atoms with E-state index in [2.05, 4.69) is 48.3 Å². The second kappa shape index (κ2) is 17.0. The Kier molecular flexibility index (Phi) is 12.6. The number of ether oxygens (including phenoxy) is 1. The molecule has 2 amide bonds. The highest BCUT2D eigenvalue weighted by Gasteiger charge is 2.29. The standard InChI is InChI=1S/C40H51N5O3S/c1-5-6-7-8-9-20-48-33-16-14-29(15-17-33)31-25-42-37(43-26-31)30-12-10-27(11-13-30)23-34(38(46)44-24-28-21-32(41)22-28)45-39(47)35-18-19-36(49-35)40(2,3)4/h10-19,25-26,28,32,34H,5-9,20-24,41H2,1-4H3,(H,44,46)(H,45,47). The summed E-state index contributed by atoms with van der Waals surface area (Å²) in [7, 11) is 0. The van der Waals surface area contributed by atoms with Crippen LogP contribution in [0.3, 0.4) is 0 Å². The number of nitrogens with zero attached hydrogens (tertiary/aromatic N) is 2. The van der Waals surface area contributed by atoms with Crippen molar-refractivity contribution < 1.29 is 14.3 Å². The molecule has 260 valence electrons. The van der Waals surface area contributed by atoms with E-state index in [9.17, 15) is 9.59 Å².